The van der Waals surface area contributed by atoms with Gasteiger partial charge in [0.2, 0.25) is 0 Å². The summed E-state index contributed by atoms with van der Waals surface area (Å²) in [6, 6.07) is 3.81. The van der Waals surface area contributed by atoms with Crippen molar-refractivity contribution in [2.45, 2.75) is 19.3 Å². The lowest BCUT2D eigenvalue weighted by Gasteiger charge is -2.08. The fraction of sp³-hybridized carbons (Fsp3) is 0.273. The number of halogens is 2. The third-order valence-corrected chi connectivity index (χ3v) is 3.68. The minimum absolute atomic E-state index is 0.724. The fourth-order valence-corrected chi connectivity index (χ4v) is 2.28. The average Bonchev–Trinajstić information content (AvgIpc) is 2.64. The van der Waals surface area contributed by atoms with Crippen LogP contribution in [0.4, 0.5) is 5.69 Å². The van der Waals surface area contributed by atoms with Crippen molar-refractivity contribution >= 4 is 38.8 Å². The first-order valence-corrected chi connectivity index (χ1v) is 5.79. The van der Waals surface area contributed by atoms with Crippen LogP contribution in [-0.2, 0) is 0 Å². The second-order valence-electron chi connectivity index (χ2n) is 3.48. The van der Waals surface area contributed by atoms with Crippen LogP contribution >= 0.6 is 27.5 Å². The molecule has 0 aromatic heterocycles. The monoisotopic (exact) mass is 271 g/mol. The Kier molecular flexibility index (Phi) is 2.84. The topological polar surface area (TPSA) is 26.0 Å². The highest BCUT2D eigenvalue weighted by Gasteiger charge is 2.12. The van der Waals surface area contributed by atoms with Crippen LogP contribution in [0.15, 0.2) is 22.7 Å². The standard InChI is InChI=1S/C11H11BrClN/c12-9-6-11(14)8(5-10(9)13)7-3-1-2-4-7/h3,5-6H,1-2,4,14H2. The van der Waals surface area contributed by atoms with Gasteiger partial charge in [0.25, 0.3) is 0 Å². The lowest BCUT2D eigenvalue weighted by Crippen LogP contribution is -1.93. The summed E-state index contributed by atoms with van der Waals surface area (Å²) in [4.78, 5) is 0. The van der Waals surface area contributed by atoms with Crippen molar-refractivity contribution in [3.05, 3.63) is 33.3 Å². The molecule has 14 heavy (non-hydrogen) atoms. The molecular weight excluding hydrogens is 261 g/mol. The summed E-state index contributed by atoms with van der Waals surface area (Å²) in [5, 5.41) is 0.724. The molecule has 2 N–H and O–H groups in total. The highest BCUT2D eigenvalue weighted by Crippen LogP contribution is 2.35. The minimum atomic E-state index is 0.724. The van der Waals surface area contributed by atoms with Gasteiger partial charge in [-0.15, -0.1) is 0 Å². The maximum Gasteiger partial charge on any atom is 0.0555 e. The van der Waals surface area contributed by atoms with Gasteiger partial charge >= 0.3 is 0 Å². The van der Waals surface area contributed by atoms with Crippen LogP contribution in [0.2, 0.25) is 5.02 Å². The van der Waals surface area contributed by atoms with Crippen molar-refractivity contribution in [1.82, 2.24) is 0 Å². The normalized spacial score (nSPS) is 15.7. The summed E-state index contributed by atoms with van der Waals surface area (Å²) in [6.07, 6.45) is 5.74. The molecular formula is C11H11BrClN. The molecule has 3 heteroatoms. The second kappa shape index (κ2) is 3.95. The highest BCUT2D eigenvalue weighted by atomic mass is 79.9. The second-order valence-corrected chi connectivity index (χ2v) is 4.74. The maximum absolute atomic E-state index is 6.03. The maximum atomic E-state index is 6.03. The van der Waals surface area contributed by atoms with E-state index in [1.54, 1.807) is 0 Å². The van der Waals surface area contributed by atoms with E-state index in [-0.39, 0.29) is 0 Å². The van der Waals surface area contributed by atoms with E-state index in [1.165, 1.54) is 12.0 Å². The number of rotatable bonds is 1. The Labute approximate surface area is 97.1 Å². The zero-order valence-electron chi connectivity index (χ0n) is 7.69. The molecule has 0 bridgehead atoms. The molecule has 0 saturated carbocycles. The summed E-state index contributed by atoms with van der Waals surface area (Å²) >= 11 is 9.39. The molecule has 0 heterocycles. The van der Waals surface area contributed by atoms with Gasteiger partial charge in [-0.3, -0.25) is 0 Å². The van der Waals surface area contributed by atoms with E-state index in [2.05, 4.69) is 22.0 Å². The summed E-state index contributed by atoms with van der Waals surface area (Å²) in [6.45, 7) is 0. The first-order chi connectivity index (χ1) is 6.68. The third-order valence-electron chi connectivity index (χ3n) is 2.48. The summed E-state index contributed by atoms with van der Waals surface area (Å²) < 4.78 is 0.860. The van der Waals surface area contributed by atoms with Gasteiger partial charge in [-0.05, 0) is 52.9 Å². The summed E-state index contributed by atoms with van der Waals surface area (Å²) in [7, 11) is 0. The molecule has 1 aliphatic rings. The van der Waals surface area contributed by atoms with Crippen molar-refractivity contribution in [2.75, 3.05) is 5.73 Å². The average molecular weight is 273 g/mol. The number of nitrogen functional groups attached to an aromatic ring is 1. The van der Waals surface area contributed by atoms with E-state index in [9.17, 15) is 0 Å². The number of hydrogen-bond acceptors (Lipinski definition) is 1. The van der Waals surface area contributed by atoms with Crippen molar-refractivity contribution in [2.24, 2.45) is 0 Å². The highest BCUT2D eigenvalue weighted by molar-refractivity contribution is 9.10. The smallest absolute Gasteiger partial charge is 0.0555 e. The van der Waals surface area contributed by atoms with E-state index in [1.807, 2.05) is 12.1 Å². The number of hydrogen-bond donors (Lipinski definition) is 1. The van der Waals surface area contributed by atoms with Gasteiger partial charge in [0, 0.05) is 15.7 Å². The van der Waals surface area contributed by atoms with Gasteiger partial charge in [-0.2, -0.15) is 0 Å². The van der Waals surface area contributed by atoms with Crippen LogP contribution in [0.25, 0.3) is 5.57 Å². The molecule has 1 aliphatic carbocycles. The van der Waals surface area contributed by atoms with Crippen LogP contribution in [0, 0.1) is 0 Å². The number of benzene rings is 1. The zero-order chi connectivity index (χ0) is 10.1. The molecule has 0 saturated heterocycles. The quantitative estimate of drug-likeness (QED) is 0.760. The molecule has 74 valence electrons. The van der Waals surface area contributed by atoms with Crippen LogP contribution in [0.1, 0.15) is 24.8 Å². The van der Waals surface area contributed by atoms with Crippen molar-refractivity contribution in [3.8, 4) is 0 Å². The van der Waals surface area contributed by atoms with Gasteiger partial charge in [0.15, 0.2) is 0 Å². The van der Waals surface area contributed by atoms with E-state index in [0.29, 0.717) is 0 Å². The number of anilines is 1. The molecule has 0 unspecified atom stereocenters. The first-order valence-electron chi connectivity index (χ1n) is 4.62. The fourth-order valence-electron chi connectivity index (χ4n) is 1.76. The third kappa shape index (κ3) is 1.82. The molecule has 1 aromatic carbocycles. The molecule has 0 aliphatic heterocycles. The minimum Gasteiger partial charge on any atom is -0.398 e. The van der Waals surface area contributed by atoms with Crippen LogP contribution in [0.3, 0.4) is 0 Å². The molecule has 0 amide bonds. The van der Waals surface area contributed by atoms with E-state index < -0.39 is 0 Å². The van der Waals surface area contributed by atoms with Crippen LogP contribution < -0.4 is 5.73 Å². The SMILES string of the molecule is Nc1cc(Br)c(Cl)cc1C1=CCCC1. The Morgan fingerprint density at radius 1 is 1.36 bits per heavy atom. The Bertz CT molecular complexity index is 399. The van der Waals surface area contributed by atoms with Crippen molar-refractivity contribution < 1.29 is 0 Å². The molecule has 0 fully saturated rings. The summed E-state index contributed by atoms with van der Waals surface area (Å²) in [5.41, 5.74) is 9.16. The van der Waals surface area contributed by atoms with Crippen molar-refractivity contribution in [3.63, 3.8) is 0 Å². The van der Waals surface area contributed by atoms with Gasteiger partial charge in [-0.25, -0.2) is 0 Å². The van der Waals surface area contributed by atoms with Gasteiger partial charge in [-0.1, -0.05) is 17.7 Å². The zero-order valence-corrected chi connectivity index (χ0v) is 10.0. The lowest BCUT2D eigenvalue weighted by molar-refractivity contribution is 0.935. The van der Waals surface area contributed by atoms with Gasteiger partial charge in [0.05, 0.1) is 5.02 Å². The number of allylic oxidation sites excluding steroid dienone is 2. The van der Waals surface area contributed by atoms with Gasteiger partial charge in [0.1, 0.15) is 0 Å². The van der Waals surface area contributed by atoms with Crippen molar-refractivity contribution in [1.29, 1.82) is 0 Å². The first kappa shape index (κ1) is 10.1. The predicted molar refractivity (Wildman–Crippen MR) is 65.4 cm³/mol. The van der Waals surface area contributed by atoms with Crippen LogP contribution in [-0.4, -0.2) is 0 Å². The summed E-state index contributed by atoms with van der Waals surface area (Å²) in [5.74, 6) is 0. The molecule has 1 aromatic rings. The molecule has 1 nitrogen and oxygen atoms in total. The largest absolute Gasteiger partial charge is 0.398 e. The molecule has 0 atom stereocenters. The van der Waals surface area contributed by atoms with E-state index in [0.717, 1.165) is 33.6 Å². The molecule has 0 radical (unpaired) electrons. The van der Waals surface area contributed by atoms with Gasteiger partial charge < -0.3 is 5.73 Å². The van der Waals surface area contributed by atoms with Crippen LogP contribution in [0.5, 0.6) is 0 Å². The Hall–Kier alpha value is -0.470. The predicted octanol–water partition coefficient (Wildman–Crippen LogP) is 4.25. The Morgan fingerprint density at radius 3 is 2.79 bits per heavy atom. The van der Waals surface area contributed by atoms with E-state index >= 15 is 0 Å². The van der Waals surface area contributed by atoms with E-state index in [4.69, 9.17) is 17.3 Å². The molecule has 2 rings (SSSR count). The molecule has 0 spiro atoms. The lowest BCUT2D eigenvalue weighted by atomic mass is 10.0. The Balaban J connectivity index is 2.47. The number of nitrogens with two attached hydrogens (primary N) is 1. The Morgan fingerprint density at radius 2 is 2.14 bits per heavy atom.